The van der Waals surface area contributed by atoms with Gasteiger partial charge in [0.05, 0.1) is 19.8 Å². The normalized spacial score (nSPS) is 13.9. The summed E-state index contributed by atoms with van der Waals surface area (Å²) in [5.41, 5.74) is 0. The molecule has 3 atom stereocenters. The Kier molecular flexibility index (Phi) is 60.6. The molecule has 0 fully saturated rings. The van der Waals surface area contributed by atoms with Crippen LogP contribution in [0.2, 0.25) is 0 Å². The highest BCUT2D eigenvalue weighted by Gasteiger charge is 2.28. The van der Waals surface area contributed by atoms with Gasteiger partial charge in [-0.1, -0.05) is 272 Å². The molecule has 2 N–H and O–H groups in total. The molecule has 0 saturated carbocycles. The molecular weight excluding hydrogens is 1050 g/mol. The minimum Gasteiger partial charge on any atom is -0.462 e. The van der Waals surface area contributed by atoms with Crippen molar-refractivity contribution in [3.05, 3.63) is 97.2 Å². The number of ether oxygens (including phenoxy) is 3. The van der Waals surface area contributed by atoms with Gasteiger partial charge in [0, 0.05) is 19.3 Å². The molecule has 3 unspecified atom stereocenters. The van der Waals surface area contributed by atoms with Crippen molar-refractivity contribution in [3.8, 4) is 0 Å². The van der Waals surface area contributed by atoms with Crippen LogP contribution in [0.15, 0.2) is 97.2 Å². The number of carbonyl (C=O) groups is 3. The van der Waals surface area contributed by atoms with Gasteiger partial charge in [0.15, 0.2) is 6.10 Å². The summed E-state index contributed by atoms with van der Waals surface area (Å²) in [6.45, 7) is 4.42. The lowest BCUT2D eigenvalue weighted by Crippen LogP contribution is -2.30. The van der Waals surface area contributed by atoms with E-state index in [1.54, 1.807) is 0 Å². The Morgan fingerprint density at radius 3 is 0.976 bits per heavy atom. The molecule has 0 saturated heterocycles. The van der Waals surface area contributed by atoms with Gasteiger partial charge in [-0.25, -0.2) is 4.57 Å². The largest absolute Gasteiger partial charge is 0.472 e. The quantitative estimate of drug-likeness (QED) is 0.0197. The van der Waals surface area contributed by atoms with Gasteiger partial charge in [0.2, 0.25) is 0 Å². The summed E-state index contributed by atoms with van der Waals surface area (Å²) in [4.78, 5) is 48.8. The van der Waals surface area contributed by atoms with Gasteiger partial charge in [-0.05, 0) is 96.3 Å². The smallest absolute Gasteiger partial charge is 0.462 e. The highest BCUT2D eigenvalue weighted by atomic mass is 31.2. The van der Waals surface area contributed by atoms with Crippen molar-refractivity contribution in [3.63, 3.8) is 0 Å². The van der Waals surface area contributed by atoms with Gasteiger partial charge in [-0.3, -0.25) is 23.4 Å². The first-order valence-corrected chi connectivity index (χ1v) is 34.6. The number of allylic oxidation sites excluding steroid dienone is 16. The standard InChI is InChI=1S/C70H121O11P/c1-4-7-10-13-16-19-22-25-28-31-33-36-38-41-44-47-50-53-56-59-68(72)77-63-67(81-70(74)61-58-55-52-49-46-43-40-37-34-32-29-26-23-20-17-14-11-8-5-2)65-79-82(75,76)78-64-66(62-71)80-69(73)60-57-54-51-48-45-42-39-35-30-27-24-21-18-15-12-9-6-3/h7,9-10,12,16,18-19,21,25,27-28,30,33,36,39,42,66-67,71H,4-6,8,11,13-15,17,20,22-24,26,29,31-32,34-35,37-38,40-41,43-65H2,1-3H3,(H,75,76)/b10-7-,12-9-,19-16-,21-18-,28-25-,30-27-,36-33-,42-39-. The van der Waals surface area contributed by atoms with Crippen LogP contribution >= 0.6 is 7.82 Å². The summed E-state index contributed by atoms with van der Waals surface area (Å²) in [6, 6.07) is 0. The molecule has 0 spiro atoms. The van der Waals surface area contributed by atoms with Gasteiger partial charge in [-0.2, -0.15) is 0 Å². The van der Waals surface area contributed by atoms with E-state index in [1.807, 2.05) is 0 Å². The molecule has 12 heteroatoms. The first-order valence-electron chi connectivity index (χ1n) is 33.1. The third-order valence-corrected chi connectivity index (χ3v) is 15.0. The van der Waals surface area contributed by atoms with Crippen LogP contribution in [-0.2, 0) is 42.2 Å². The molecule has 82 heavy (non-hydrogen) atoms. The summed E-state index contributed by atoms with van der Waals surface area (Å²) in [6.07, 6.45) is 76.4. The maximum absolute atomic E-state index is 13.0. The van der Waals surface area contributed by atoms with Gasteiger partial charge >= 0.3 is 25.7 Å². The third-order valence-electron chi connectivity index (χ3n) is 14.0. The second kappa shape index (κ2) is 63.4. The molecule has 11 nitrogen and oxygen atoms in total. The molecule has 0 aliphatic carbocycles. The van der Waals surface area contributed by atoms with Crippen LogP contribution in [0.3, 0.4) is 0 Å². The van der Waals surface area contributed by atoms with Gasteiger partial charge in [0.25, 0.3) is 0 Å². The highest BCUT2D eigenvalue weighted by Crippen LogP contribution is 2.43. The van der Waals surface area contributed by atoms with E-state index < -0.39 is 57.8 Å². The fraction of sp³-hybridized carbons (Fsp3) is 0.729. The molecule has 0 aliphatic heterocycles. The number of hydrogen-bond acceptors (Lipinski definition) is 10. The minimum atomic E-state index is -4.77. The zero-order valence-corrected chi connectivity index (χ0v) is 53.3. The average molecular weight is 1170 g/mol. The SMILES string of the molecule is CC/C=C\C/C=C\C/C=C\C/C=C\CCCCCCCCC(=O)OCC(COP(=O)(O)OCC(CO)OC(=O)CCCCCC/C=C\C/C=C\C/C=C\C/C=C\CC)OC(=O)CCCCCCCCCCCCCCCCCCCCC. The summed E-state index contributed by atoms with van der Waals surface area (Å²) in [5, 5.41) is 9.86. The predicted octanol–water partition coefficient (Wildman–Crippen LogP) is 20.4. The second-order valence-corrected chi connectivity index (χ2v) is 23.3. The maximum atomic E-state index is 13.0. The van der Waals surface area contributed by atoms with E-state index in [4.69, 9.17) is 23.3 Å². The fourth-order valence-electron chi connectivity index (χ4n) is 9.05. The van der Waals surface area contributed by atoms with Crippen LogP contribution in [-0.4, -0.2) is 66.5 Å². The van der Waals surface area contributed by atoms with Gasteiger partial charge < -0.3 is 24.2 Å². The Bertz CT molecular complexity index is 1750. The lowest BCUT2D eigenvalue weighted by molar-refractivity contribution is -0.161. The molecular formula is C70H121O11P. The highest BCUT2D eigenvalue weighted by molar-refractivity contribution is 7.47. The van der Waals surface area contributed by atoms with Crippen molar-refractivity contribution in [2.24, 2.45) is 0 Å². The van der Waals surface area contributed by atoms with E-state index in [0.717, 1.165) is 135 Å². The number of carbonyl (C=O) groups excluding carboxylic acids is 3. The van der Waals surface area contributed by atoms with Crippen LogP contribution in [0.4, 0.5) is 0 Å². The molecule has 0 amide bonds. The number of phosphoric ester groups is 1. The third kappa shape index (κ3) is 61.0. The number of rotatable bonds is 61. The molecule has 472 valence electrons. The van der Waals surface area contributed by atoms with E-state index in [9.17, 15) is 28.9 Å². The summed E-state index contributed by atoms with van der Waals surface area (Å²) in [5.74, 6) is -1.50. The number of phosphoric acid groups is 1. The topological polar surface area (TPSA) is 155 Å². The molecule has 0 radical (unpaired) electrons. The monoisotopic (exact) mass is 1170 g/mol. The van der Waals surface area contributed by atoms with Crippen LogP contribution in [0.25, 0.3) is 0 Å². The predicted molar refractivity (Wildman–Crippen MR) is 344 cm³/mol. The Balaban J connectivity index is 4.73. The van der Waals surface area contributed by atoms with E-state index >= 15 is 0 Å². The number of esters is 3. The number of aliphatic hydroxyl groups excluding tert-OH is 1. The van der Waals surface area contributed by atoms with Crippen molar-refractivity contribution >= 4 is 25.7 Å². The minimum absolute atomic E-state index is 0.146. The molecule has 0 aromatic carbocycles. The Morgan fingerprint density at radius 2 is 0.634 bits per heavy atom. The van der Waals surface area contributed by atoms with Gasteiger partial charge in [0.1, 0.15) is 12.7 Å². The summed E-state index contributed by atoms with van der Waals surface area (Å²) < 4.78 is 39.7. The second-order valence-electron chi connectivity index (χ2n) is 21.9. The fourth-order valence-corrected chi connectivity index (χ4v) is 9.83. The number of aliphatic hydroxyl groups is 1. The summed E-state index contributed by atoms with van der Waals surface area (Å²) >= 11 is 0. The Labute approximate surface area is 502 Å². The molecule has 0 rings (SSSR count). The van der Waals surface area contributed by atoms with Crippen molar-refractivity contribution in [2.45, 2.75) is 303 Å². The molecule has 0 aromatic rings. The lowest BCUT2D eigenvalue weighted by atomic mass is 10.0. The van der Waals surface area contributed by atoms with Crippen molar-refractivity contribution in [1.29, 1.82) is 0 Å². The molecule has 0 bridgehead atoms. The summed E-state index contributed by atoms with van der Waals surface area (Å²) in [7, 11) is -4.77. The first kappa shape index (κ1) is 78.4. The van der Waals surface area contributed by atoms with Crippen molar-refractivity contribution in [1.82, 2.24) is 0 Å². The van der Waals surface area contributed by atoms with Gasteiger partial charge in [-0.15, -0.1) is 0 Å². The molecule has 0 heterocycles. The van der Waals surface area contributed by atoms with Crippen molar-refractivity contribution in [2.75, 3.05) is 26.4 Å². The zero-order chi connectivity index (χ0) is 59.8. The number of hydrogen-bond donors (Lipinski definition) is 2. The average Bonchev–Trinajstić information content (AvgIpc) is 3.47. The van der Waals surface area contributed by atoms with E-state index in [0.29, 0.717) is 19.3 Å². The number of unbranched alkanes of at least 4 members (excludes halogenated alkanes) is 28. The first-order chi connectivity index (χ1) is 40.2. The van der Waals surface area contributed by atoms with Crippen LogP contribution in [0.5, 0.6) is 0 Å². The van der Waals surface area contributed by atoms with E-state index in [-0.39, 0.29) is 25.9 Å². The lowest BCUT2D eigenvalue weighted by Gasteiger charge is -2.21. The maximum Gasteiger partial charge on any atom is 0.472 e. The zero-order valence-electron chi connectivity index (χ0n) is 52.4. The Hall–Kier alpha value is -3.60. The molecule has 0 aromatic heterocycles. The van der Waals surface area contributed by atoms with Crippen LogP contribution in [0, 0.1) is 0 Å². The Morgan fingerprint density at radius 1 is 0.354 bits per heavy atom. The van der Waals surface area contributed by atoms with Crippen molar-refractivity contribution < 1.29 is 52.2 Å². The van der Waals surface area contributed by atoms with Crippen LogP contribution < -0.4 is 0 Å². The van der Waals surface area contributed by atoms with Crippen LogP contribution in [0.1, 0.15) is 290 Å². The molecule has 0 aliphatic rings. The van der Waals surface area contributed by atoms with E-state index in [1.165, 1.54) is 96.3 Å². The van der Waals surface area contributed by atoms with E-state index in [2.05, 4.69) is 118 Å².